The Morgan fingerprint density at radius 2 is 1.83 bits per heavy atom. The lowest BCUT2D eigenvalue weighted by atomic mass is 9.86. The summed E-state index contributed by atoms with van der Waals surface area (Å²) in [4.78, 5) is 11.9. The van der Waals surface area contributed by atoms with Gasteiger partial charge in [-0.15, -0.1) is 0 Å². The molecule has 0 heterocycles. The highest BCUT2D eigenvalue weighted by molar-refractivity contribution is 7.92. The Bertz CT molecular complexity index is 573. The summed E-state index contributed by atoms with van der Waals surface area (Å²) < 4.78 is 37.9. The van der Waals surface area contributed by atoms with E-state index < -0.39 is 21.3 Å². The molecule has 1 aromatic rings. The van der Waals surface area contributed by atoms with E-state index in [0.717, 1.165) is 12.3 Å². The molecular weight excluding hydrogens is 257 g/mol. The normalized spacial score (nSPS) is 12.3. The summed E-state index contributed by atoms with van der Waals surface area (Å²) in [6.45, 7) is 5.08. The number of carbonyl (C=O) groups excluding carboxylic acids is 1. The standard InChI is InChI=1S/C12H16FNO3S/c1-12(2,3)11(15)9-6-5-8(7-10(9)13)14-18(4,16)17/h5-7,14H,1-4H3. The molecule has 0 aliphatic heterocycles. The SMILES string of the molecule is CC(C)(C)C(=O)c1ccc(NS(C)(=O)=O)cc1F. The van der Waals surface area contributed by atoms with Crippen molar-refractivity contribution in [1.82, 2.24) is 0 Å². The Hall–Kier alpha value is -1.43. The average Bonchev–Trinajstić information content (AvgIpc) is 2.12. The minimum absolute atomic E-state index is 0.0402. The molecule has 100 valence electrons. The second-order valence-corrected chi connectivity index (χ2v) is 6.90. The van der Waals surface area contributed by atoms with Crippen molar-refractivity contribution in [1.29, 1.82) is 0 Å². The third-order valence-electron chi connectivity index (χ3n) is 2.20. The van der Waals surface area contributed by atoms with Crippen LogP contribution in [0.2, 0.25) is 0 Å². The van der Waals surface area contributed by atoms with E-state index in [4.69, 9.17) is 0 Å². The van der Waals surface area contributed by atoms with Crippen molar-refractivity contribution in [2.24, 2.45) is 5.41 Å². The number of halogens is 1. The molecule has 0 spiro atoms. The van der Waals surface area contributed by atoms with Crippen LogP contribution in [0.25, 0.3) is 0 Å². The van der Waals surface area contributed by atoms with Gasteiger partial charge in [0.05, 0.1) is 17.5 Å². The van der Waals surface area contributed by atoms with E-state index in [-0.39, 0.29) is 17.0 Å². The van der Waals surface area contributed by atoms with Crippen LogP contribution in [0, 0.1) is 11.2 Å². The van der Waals surface area contributed by atoms with Crippen LogP contribution in [0.15, 0.2) is 18.2 Å². The van der Waals surface area contributed by atoms with E-state index in [1.807, 2.05) is 0 Å². The van der Waals surface area contributed by atoms with Crippen LogP contribution in [0.5, 0.6) is 0 Å². The van der Waals surface area contributed by atoms with Crippen LogP contribution in [0.4, 0.5) is 10.1 Å². The predicted molar refractivity (Wildman–Crippen MR) is 68.7 cm³/mol. The van der Waals surface area contributed by atoms with E-state index in [9.17, 15) is 17.6 Å². The van der Waals surface area contributed by atoms with Crippen molar-refractivity contribution >= 4 is 21.5 Å². The Balaban J connectivity index is 3.12. The molecule has 1 N–H and O–H groups in total. The Morgan fingerprint density at radius 1 is 1.28 bits per heavy atom. The quantitative estimate of drug-likeness (QED) is 0.860. The van der Waals surface area contributed by atoms with Crippen LogP contribution in [0.1, 0.15) is 31.1 Å². The average molecular weight is 273 g/mol. The zero-order chi connectivity index (χ0) is 14.1. The van der Waals surface area contributed by atoms with Gasteiger partial charge < -0.3 is 0 Å². The molecule has 0 saturated carbocycles. The topological polar surface area (TPSA) is 63.2 Å². The van der Waals surface area contributed by atoms with Gasteiger partial charge in [-0.1, -0.05) is 20.8 Å². The first-order valence-corrected chi connectivity index (χ1v) is 7.22. The first-order valence-electron chi connectivity index (χ1n) is 5.33. The van der Waals surface area contributed by atoms with Gasteiger partial charge in [0.1, 0.15) is 5.82 Å². The fourth-order valence-corrected chi connectivity index (χ4v) is 1.94. The minimum Gasteiger partial charge on any atom is -0.293 e. The predicted octanol–water partition coefficient (Wildman–Crippen LogP) is 2.43. The number of benzene rings is 1. The van der Waals surface area contributed by atoms with E-state index in [1.165, 1.54) is 12.1 Å². The Morgan fingerprint density at radius 3 is 2.22 bits per heavy atom. The maximum Gasteiger partial charge on any atom is 0.229 e. The maximum atomic E-state index is 13.8. The van der Waals surface area contributed by atoms with Crippen molar-refractivity contribution in [3.8, 4) is 0 Å². The number of sulfonamides is 1. The molecular formula is C12H16FNO3S. The third-order valence-corrected chi connectivity index (χ3v) is 2.80. The lowest BCUT2D eigenvalue weighted by Gasteiger charge is -2.17. The summed E-state index contributed by atoms with van der Waals surface area (Å²) in [5.41, 5.74) is -0.630. The van der Waals surface area contributed by atoms with Crippen LogP contribution in [-0.4, -0.2) is 20.5 Å². The molecule has 18 heavy (non-hydrogen) atoms. The van der Waals surface area contributed by atoms with Gasteiger partial charge >= 0.3 is 0 Å². The number of Topliss-reactive ketones (excluding diaryl/α,β-unsaturated/α-hetero) is 1. The second kappa shape index (κ2) is 4.68. The summed E-state index contributed by atoms with van der Waals surface area (Å²) in [6, 6.07) is 3.65. The van der Waals surface area contributed by atoms with Gasteiger partial charge in [0.15, 0.2) is 5.78 Å². The number of anilines is 1. The molecule has 1 aromatic carbocycles. The zero-order valence-corrected chi connectivity index (χ0v) is 11.6. The maximum absolute atomic E-state index is 13.8. The van der Waals surface area contributed by atoms with E-state index in [0.29, 0.717) is 0 Å². The molecule has 4 nitrogen and oxygen atoms in total. The number of nitrogens with one attached hydrogen (secondary N) is 1. The van der Waals surface area contributed by atoms with Crippen molar-refractivity contribution in [2.75, 3.05) is 11.0 Å². The largest absolute Gasteiger partial charge is 0.293 e. The van der Waals surface area contributed by atoms with Crippen LogP contribution in [-0.2, 0) is 10.0 Å². The number of carbonyl (C=O) groups is 1. The van der Waals surface area contributed by atoms with Crippen molar-refractivity contribution in [3.63, 3.8) is 0 Å². The first kappa shape index (κ1) is 14.6. The van der Waals surface area contributed by atoms with Crippen molar-refractivity contribution in [2.45, 2.75) is 20.8 Å². The highest BCUT2D eigenvalue weighted by atomic mass is 32.2. The van der Waals surface area contributed by atoms with Gasteiger partial charge in [0.2, 0.25) is 10.0 Å². The number of hydrogen-bond acceptors (Lipinski definition) is 3. The van der Waals surface area contributed by atoms with Gasteiger partial charge in [-0.05, 0) is 18.2 Å². The lowest BCUT2D eigenvalue weighted by Crippen LogP contribution is -2.21. The molecule has 6 heteroatoms. The van der Waals surface area contributed by atoms with Gasteiger partial charge in [0, 0.05) is 5.41 Å². The van der Waals surface area contributed by atoms with Gasteiger partial charge in [-0.2, -0.15) is 0 Å². The smallest absolute Gasteiger partial charge is 0.229 e. The Kier molecular flexibility index (Phi) is 3.81. The highest BCUT2D eigenvalue weighted by Gasteiger charge is 2.25. The van der Waals surface area contributed by atoms with Crippen LogP contribution < -0.4 is 4.72 Å². The monoisotopic (exact) mass is 273 g/mol. The summed E-state index contributed by atoms with van der Waals surface area (Å²) >= 11 is 0. The summed E-state index contributed by atoms with van der Waals surface area (Å²) in [5, 5.41) is 0. The van der Waals surface area contributed by atoms with E-state index >= 15 is 0 Å². The van der Waals surface area contributed by atoms with E-state index in [2.05, 4.69) is 4.72 Å². The fourth-order valence-electron chi connectivity index (χ4n) is 1.38. The second-order valence-electron chi connectivity index (χ2n) is 5.15. The molecule has 0 aliphatic rings. The third kappa shape index (κ3) is 3.80. The molecule has 0 atom stereocenters. The highest BCUT2D eigenvalue weighted by Crippen LogP contribution is 2.24. The molecule has 0 fully saturated rings. The van der Waals surface area contributed by atoms with Crippen molar-refractivity contribution < 1.29 is 17.6 Å². The first-order chi connectivity index (χ1) is 8.00. The molecule has 0 radical (unpaired) electrons. The van der Waals surface area contributed by atoms with Crippen LogP contribution in [0.3, 0.4) is 0 Å². The zero-order valence-electron chi connectivity index (χ0n) is 10.7. The van der Waals surface area contributed by atoms with Gasteiger partial charge in [0.25, 0.3) is 0 Å². The van der Waals surface area contributed by atoms with Gasteiger partial charge in [-0.25, -0.2) is 12.8 Å². The summed E-state index contributed by atoms with van der Waals surface area (Å²) in [7, 11) is -3.46. The molecule has 0 bridgehead atoms. The molecule has 0 unspecified atom stereocenters. The van der Waals surface area contributed by atoms with Gasteiger partial charge in [-0.3, -0.25) is 9.52 Å². The number of rotatable bonds is 3. The number of ketones is 1. The molecule has 0 aromatic heterocycles. The van der Waals surface area contributed by atoms with Crippen molar-refractivity contribution in [3.05, 3.63) is 29.6 Å². The molecule has 0 saturated heterocycles. The summed E-state index contributed by atoms with van der Waals surface area (Å²) in [5.74, 6) is -1.06. The Labute approximate surface area is 106 Å². The lowest BCUT2D eigenvalue weighted by molar-refractivity contribution is 0.0854. The molecule has 1 rings (SSSR count). The van der Waals surface area contributed by atoms with Crippen LogP contribution >= 0.6 is 0 Å². The summed E-state index contributed by atoms with van der Waals surface area (Å²) in [6.07, 6.45) is 0.971. The molecule has 0 aliphatic carbocycles. The number of hydrogen-bond donors (Lipinski definition) is 1. The molecule has 0 amide bonds. The fraction of sp³-hybridized carbons (Fsp3) is 0.417. The minimum atomic E-state index is -3.46. The van der Waals surface area contributed by atoms with E-state index in [1.54, 1.807) is 20.8 Å².